The van der Waals surface area contributed by atoms with E-state index in [-0.39, 0.29) is 0 Å². The predicted octanol–water partition coefficient (Wildman–Crippen LogP) is 3.35. The molecule has 1 fully saturated rings. The lowest BCUT2D eigenvalue weighted by Crippen LogP contribution is -2.30. The highest BCUT2D eigenvalue weighted by molar-refractivity contribution is 6.17. The van der Waals surface area contributed by atoms with Gasteiger partial charge in [-0.1, -0.05) is 17.7 Å². The van der Waals surface area contributed by atoms with Gasteiger partial charge in [0.05, 0.1) is 6.61 Å². The SMILES string of the molecule is COCCN(c1ccc(C)cc1CCl)C1CC1. The van der Waals surface area contributed by atoms with E-state index in [1.54, 1.807) is 7.11 Å². The third kappa shape index (κ3) is 3.14. The molecule has 0 spiro atoms. The fourth-order valence-electron chi connectivity index (χ4n) is 2.18. The van der Waals surface area contributed by atoms with Crippen LogP contribution in [0.3, 0.4) is 0 Å². The highest BCUT2D eigenvalue weighted by atomic mass is 35.5. The molecular weight excluding hydrogens is 234 g/mol. The normalized spacial score (nSPS) is 15.0. The van der Waals surface area contributed by atoms with E-state index in [1.165, 1.54) is 29.7 Å². The van der Waals surface area contributed by atoms with E-state index < -0.39 is 0 Å². The summed E-state index contributed by atoms with van der Waals surface area (Å²) < 4.78 is 5.19. The highest BCUT2D eigenvalue weighted by Crippen LogP contribution is 2.34. The average molecular weight is 254 g/mol. The number of aryl methyl sites for hydroxylation is 1. The lowest BCUT2D eigenvalue weighted by atomic mass is 10.1. The van der Waals surface area contributed by atoms with Gasteiger partial charge in [0, 0.05) is 31.3 Å². The van der Waals surface area contributed by atoms with Gasteiger partial charge in [-0.05, 0) is 31.4 Å². The second kappa shape index (κ2) is 5.74. The van der Waals surface area contributed by atoms with Gasteiger partial charge in [0.1, 0.15) is 0 Å². The van der Waals surface area contributed by atoms with Gasteiger partial charge in [0.2, 0.25) is 0 Å². The number of benzene rings is 1. The first kappa shape index (κ1) is 12.7. The van der Waals surface area contributed by atoms with Crippen LogP contribution in [0.4, 0.5) is 5.69 Å². The van der Waals surface area contributed by atoms with E-state index in [2.05, 4.69) is 30.0 Å². The number of methoxy groups -OCH3 is 1. The highest BCUT2D eigenvalue weighted by Gasteiger charge is 2.29. The molecule has 2 rings (SSSR count). The van der Waals surface area contributed by atoms with Crippen LogP contribution in [0.1, 0.15) is 24.0 Å². The minimum Gasteiger partial charge on any atom is -0.383 e. The van der Waals surface area contributed by atoms with Crippen LogP contribution in [0.15, 0.2) is 18.2 Å². The molecule has 1 aliphatic rings. The average Bonchev–Trinajstić information content (AvgIpc) is 3.15. The van der Waals surface area contributed by atoms with Crippen molar-refractivity contribution in [3.63, 3.8) is 0 Å². The fraction of sp³-hybridized carbons (Fsp3) is 0.571. The van der Waals surface area contributed by atoms with Crippen LogP contribution in [0.2, 0.25) is 0 Å². The number of anilines is 1. The van der Waals surface area contributed by atoms with Crippen LogP contribution in [-0.4, -0.2) is 26.3 Å². The Kier molecular flexibility index (Phi) is 4.30. The summed E-state index contributed by atoms with van der Waals surface area (Å²) in [5.41, 5.74) is 3.78. The van der Waals surface area contributed by atoms with Crippen LogP contribution in [0.25, 0.3) is 0 Å². The van der Waals surface area contributed by atoms with Gasteiger partial charge in [0.25, 0.3) is 0 Å². The van der Waals surface area contributed by atoms with Crippen LogP contribution in [0.5, 0.6) is 0 Å². The summed E-state index contributed by atoms with van der Waals surface area (Å²) in [7, 11) is 1.75. The summed E-state index contributed by atoms with van der Waals surface area (Å²) in [6, 6.07) is 7.23. The summed E-state index contributed by atoms with van der Waals surface area (Å²) in [6.45, 7) is 3.83. The first-order valence-corrected chi connectivity index (χ1v) is 6.70. The summed E-state index contributed by atoms with van der Waals surface area (Å²) in [5.74, 6) is 0.577. The molecule has 1 aliphatic carbocycles. The minimum atomic E-state index is 0.577. The first-order chi connectivity index (χ1) is 8.26. The predicted molar refractivity (Wildman–Crippen MR) is 73.0 cm³/mol. The van der Waals surface area contributed by atoms with Gasteiger partial charge >= 0.3 is 0 Å². The molecule has 0 amide bonds. The number of hydrogen-bond acceptors (Lipinski definition) is 2. The van der Waals surface area contributed by atoms with Crippen LogP contribution in [-0.2, 0) is 10.6 Å². The minimum absolute atomic E-state index is 0.577. The number of ether oxygens (including phenoxy) is 1. The van der Waals surface area contributed by atoms with Crippen molar-refractivity contribution in [3.8, 4) is 0 Å². The van der Waals surface area contributed by atoms with E-state index >= 15 is 0 Å². The second-order valence-electron chi connectivity index (χ2n) is 4.68. The van der Waals surface area contributed by atoms with E-state index in [0.29, 0.717) is 11.9 Å². The monoisotopic (exact) mass is 253 g/mol. The molecule has 1 aromatic carbocycles. The molecule has 0 aromatic heterocycles. The quantitative estimate of drug-likeness (QED) is 0.721. The van der Waals surface area contributed by atoms with Crippen molar-refractivity contribution in [2.24, 2.45) is 0 Å². The molecule has 3 heteroatoms. The third-order valence-electron chi connectivity index (χ3n) is 3.21. The van der Waals surface area contributed by atoms with Gasteiger partial charge in [-0.2, -0.15) is 0 Å². The zero-order chi connectivity index (χ0) is 12.3. The molecule has 2 nitrogen and oxygen atoms in total. The largest absolute Gasteiger partial charge is 0.383 e. The smallest absolute Gasteiger partial charge is 0.0637 e. The lowest BCUT2D eigenvalue weighted by molar-refractivity contribution is 0.205. The molecule has 0 atom stereocenters. The Morgan fingerprint density at radius 2 is 2.18 bits per heavy atom. The maximum atomic E-state index is 6.05. The number of nitrogens with zero attached hydrogens (tertiary/aromatic N) is 1. The Hall–Kier alpha value is -0.730. The molecule has 0 bridgehead atoms. The summed E-state index contributed by atoms with van der Waals surface area (Å²) in [6.07, 6.45) is 2.58. The van der Waals surface area contributed by atoms with Crippen LogP contribution >= 0.6 is 11.6 Å². The van der Waals surface area contributed by atoms with Crippen molar-refractivity contribution in [2.75, 3.05) is 25.2 Å². The molecule has 0 N–H and O–H groups in total. The Bertz CT molecular complexity index is 376. The van der Waals surface area contributed by atoms with Crippen molar-refractivity contribution >= 4 is 17.3 Å². The van der Waals surface area contributed by atoms with E-state index in [9.17, 15) is 0 Å². The fourth-order valence-corrected chi connectivity index (χ4v) is 2.39. The zero-order valence-electron chi connectivity index (χ0n) is 10.6. The molecule has 17 heavy (non-hydrogen) atoms. The van der Waals surface area contributed by atoms with Crippen molar-refractivity contribution in [1.82, 2.24) is 0 Å². The Morgan fingerprint density at radius 3 is 2.76 bits per heavy atom. The molecule has 1 aromatic rings. The molecule has 0 saturated heterocycles. The molecular formula is C14H20ClNO. The standard InChI is InChI=1S/C14H20ClNO/c1-11-3-6-14(12(9-11)10-15)16(7-8-17-2)13-4-5-13/h3,6,9,13H,4-5,7-8,10H2,1-2H3. The molecule has 0 aliphatic heterocycles. The van der Waals surface area contributed by atoms with Crippen molar-refractivity contribution in [2.45, 2.75) is 31.7 Å². The van der Waals surface area contributed by atoms with Gasteiger partial charge in [-0.25, -0.2) is 0 Å². The zero-order valence-corrected chi connectivity index (χ0v) is 11.3. The molecule has 0 radical (unpaired) electrons. The Balaban J connectivity index is 2.21. The number of halogens is 1. The molecule has 0 heterocycles. The Morgan fingerprint density at radius 1 is 1.41 bits per heavy atom. The van der Waals surface area contributed by atoms with Crippen LogP contribution in [0, 0.1) is 6.92 Å². The second-order valence-corrected chi connectivity index (χ2v) is 4.95. The summed E-state index contributed by atoms with van der Waals surface area (Å²) in [4.78, 5) is 2.45. The van der Waals surface area contributed by atoms with E-state index in [1.807, 2.05) is 0 Å². The van der Waals surface area contributed by atoms with Crippen molar-refractivity contribution < 1.29 is 4.74 Å². The van der Waals surface area contributed by atoms with E-state index in [4.69, 9.17) is 16.3 Å². The summed E-state index contributed by atoms with van der Waals surface area (Å²) in [5, 5.41) is 0. The van der Waals surface area contributed by atoms with Crippen molar-refractivity contribution in [1.29, 1.82) is 0 Å². The third-order valence-corrected chi connectivity index (χ3v) is 3.50. The lowest BCUT2D eigenvalue weighted by Gasteiger charge is -2.26. The van der Waals surface area contributed by atoms with Crippen molar-refractivity contribution in [3.05, 3.63) is 29.3 Å². The van der Waals surface area contributed by atoms with E-state index in [0.717, 1.165) is 13.2 Å². The molecule has 1 saturated carbocycles. The maximum absolute atomic E-state index is 6.05. The van der Waals surface area contributed by atoms with Crippen LogP contribution < -0.4 is 4.90 Å². The van der Waals surface area contributed by atoms with Gasteiger partial charge < -0.3 is 9.64 Å². The molecule has 0 unspecified atom stereocenters. The van der Waals surface area contributed by atoms with Gasteiger partial charge in [-0.15, -0.1) is 11.6 Å². The molecule has 94 valence electrons. The Labute approximate surface area is 109 Å². The first-order valence-electron chi connectivity index (χ1n) is 6.17. The van der Waals surface area contributed by atoms with Gasteiger partial charge in [0.15, 0.2) is 0 Å². The maximum Gasteiger partial charge on any atom is 0.0637 e. The topological polar surface area (TPSA) is 12.5 Å². The van der Waals surface area contributed by atoms with Gasteiger partial charge in [-0.3, -0.25) is 0 Å². The number of hydrogen-bond donors (Lipinski definition) is 0. The number of rotatable bonds is 6. The summed E-state index contributed by atoms with van der Waals surface area (Å²) >= 11 is 6.05. The number of alkyl halides is 1.